The van der Waals surface area contributed by atoms with Gasteiger partial charge in [0.15, 0.2) is 0 Å². The van der Waals surface area contributed by atoms with Gasteiger partial charge in [0, 0.05) is 7.05 Å². The molecule has 0 aliphatic rings. The Kier molecular flexibility index (Phi) is 2.13. The van der Waals surface area contributed by atoms with Crippen LogP contribution in [-0.4, -0.2) is 30.2 Å². The Bertz CT molecular complexity index is 415. The van der Waals surface area contributed by atoms with Crippen LogP contribution >= 0.6 is 0 Å². The molecule has 0 aliphatic carbocycles. The lowest BCUT2D eigenvalue weighted by Gasteiger charge is -2.00. The van der Waals surface area contributed by atoms with Crippen molar-refractivity contribution < 1.29 is 0 Å². The fourth-order valence-corrected chi connectivity index (χ4v) is 1.06. The molecule has 2 aromatic heterocycles. The van der Waals surface area contributed by atoms with Crippen molar-refractivity contribution in [3.8, 4) is 0 Å². The van der Waals surface area contributed by atoms with Gasteiger partial charge in [0.1, 0.15) is 5.82 Å². The van der Waals surface area contributed by atoms with Crippen LogP contribution in [0.25, 0.3) is 0 Å². The first kappa shape index (κ1) is 8.67. The SMILES string of the molecule is Cc1nc(NCc2cnnn2C)n[nH]1. The Morgan fingerprint density at radius 3 is 3.00 bits per heavy atom. The van der Waals surface area contributed by atoms with Crippen LogP contribution in [0.15, 0.2) is 6.20 Å². The lowest BCUT2D eigenvalue weighted by molar-refractivity contribution is 0.683. The highest BCUT2D eigenvalue weighted by Gasteiger charge is 2.01. The molecular formula is C7H11N7. The summed E-state index contributed by atoms with van der Waals surface area (Å²) in [6.45, 7) is 2.46. The van der Waals surface area contributed by atoms with E-state index in [0.29, 0.717) is 12.5 Å². The third-order valence-corrected chi connectivity index (χ3v) is 1.83. The molecule has 0 aliphatic heterocycles. The number of aromatic amines is 1. The average Bonchev–Trinajstić information content (AvgIpc) is 2.72. The molecule has 0 fully saturated rings. The highest BCUT2D eigenvalue weighted by molar-refractivity contribution is 5.23. The van der Waals surface area contributed by atoms with Crippen LogP contribution in [-0.2, 0) is 13.6 Å². The van der Waals surface area contributed by atoms with E-state index < -0.39 is 0 Å². The fraction of sp³-hybridized carbons (Fsp3) is 0.429. The van der Waals surface area contributed by atoms with Gasteiger partial charge in [0.05, 0.1) is 18.4 Å². The number of aromatic nitrogens is 6. The number of aryl methyl sites for hydroxylation is 2. The smallest absolute Gasteiger partial charge is 0.242 e. The lowest BCUT2D eigenvalue weighted by atomic mass is 10.5. The van der Waals surface area contributed by atoms with E-state index in [1.165, 1.54) is 0 Å². The summed E-state index contributed by atoms with van der Waals surface area (Å²) in [5.41, 5.74) is 0.979. The number of nitrogens with one attached hydrogen (secondary N) is 2. The summed E-state index contributed by atoms with van der Waals surface area (Å²) in [5.74, 6) is 1.37. The molecule has 2 heterocycles. The maximum atomic E-state index is 4.11. The zero-order valence-corrected chi connectivity index (χ0v) is 8.02. The first-order valence-corrected chi connectivity index (χ1v) is 4.22. The Morgan fingerprint density at radius 1 is 1.57 bits per heavy atom. The number of nitrogens with zero attached hydrogens (tertiary/aromatic N) is 5. The van der Waals surface area contributed by atoms with E-state index in [0.717, 1.165) is 11.5 Å². The molecule has 14 heavy (non-hydrogen) atoms. The Hall–Kier alpha value is -1.92. The van der Waals surface area contributed by atoms with Crippen LogP contribution in [0.5, 0.6) is 0 Å². The van der Waals surface area contributed by atoms with E-state index in [9.17, 15) is 0 Å². The molecule has 0 unspecified atom stereocenters. The first-order chi connectivity index (χ1) is 6.75. The second-order valence-corrected chi connectivity index (χ2v) is 2.95. The van der Waals surface area contributed by atoms with E-state index in [2.05, 4.69) is 30.8 Å². The van der Waals surface area contributed by atoms with Crippen molar-refractivity contribution in [2.45, 2.75) is 13.5 Å². The Balaban J connectivity index is 1.98. The zero-order valence-electron chi connectivity index (χ0n) is 8.02. The predicted octanol–water partition coefficient (Wildman–Crippen LogP) is -0.146. The second kappa shape index (κ2) is 3.44. The Labute approximate surface area is 80.5 Å². The molecule has 0 amide bonds. The minimum Gasteiger partial charge on any atom is -0.347 e. The average molecular weight is 193 g/mol. The normalized spacial score (nSPS) is 10.4. The molecule has 0 spiro atoms. The van der Waals surface area contributed by atoms with Gasteiger partial charge in [0.2, 0.25) is 5.95 Å². The maximum absolute atomic E-state index is 4.11. The van der Waals surface area contributed by atoms with Gasteiger partial charge in [-0.1, -0.05) is 5.21 Å². The topological polar surface area (TPSA) is 84.3 Å². The van der Waals surface area contributed by atoms with Gasteiger partial charge >= 0.3 is 0 Å². The van der Waals surface area contributed by atoms with Crippen LogP contribution in [0.3, 0.4) is 0 Å². The summed E-state index contributed by atoms with van der Waals surface area (Å²) in [7, 11) is 1.84. The molecule has 0 radical (unpaired) electrons. The van der Waals surface area contributed by atoms with Crippen molar-refractivity contribution in [2.75, 3.05) is 5.32 Å². The van der Waals surface area contributed by atoms with Gasteiger partial charge in [-0.15, -0.1) is 10.2 Å². The third kappa shape index (κ3) is 1.70. The minimum absolute atomic E-state index is 0.587. The van der Waals surface area contributed by atoms with E-state index in [1.54, 1.807) is 10.9 Å². The van der Waals surface area contributed by atoms with Crippen LogP contribution in [0.4, 0.5) is 5.95 Å². The van der Waals surface area contributed by atoms with Gasteiger partial charge in [-0.25, -0.2) is 0 Å². The number of hydrogen-bond acceptors (Lipinski definition) is 5. The first-order valence-electron chi connectivity index (χ1n) is 4.22. The van der Waals surface area contributed by atoms with Crippen molar-refractivity contribution in [2.24, 2.45) is 7.05 Å². The quantitative estimate of drug-likeness (QED) is 0.708. The Morgan fingerprint density at radius 2 is 2.43 bits per heavy atom. The molecule has 7 heteroatoms. The van der Waals surface area contributed by atoms with E-state index in [-0.39, 0.29) is 0 Å². The van der Waals surface area contributed by atoms with Crippen molar-refractivity contribution in [3.05, 3.63) is 17.7 Å². The highest BCUT2D eigenvalue weighted by Crippen LogP contribution is 2.00. The number of rotatable bonds is 3. The summed E-state index contributed by atoms with van der Waals surface area (Å²) < 4.78 is 1.70. The summed E-state index contributed by atoms with van der Waals surface area (Å²) in [5, 5.41) is 17.3. The van der Waals surface area contributed by atoms with Crippen molar-refractivity contribution in [1.82, 2.24) is 30.2 Å². The molecule has 2 aromatic rings. The van der Waals surface area contributed by atoms with Crippen molar-refractivity contribution in [3.63, 3.8) is 0 Å². The van der Waals surface area contributed by atoms with Gasteiger partial charge in [0.25, 0.3) is 0 Å². The molecular weight excluding hydrogens is 182 g/mol. The summed E-state index contributed by atoms with van der Waals surface area (Å²) in [6, 6.07) is 0. The van der Waals surface area contributed by atoms with Crippen molar-refractivity contribution >= 4 is 5.95 Å². The zero-order chi connectivity index (χ0) is 9.97. The monoisotopic (exact) mass is 193 g/mol. The molecule has 2 N–H and O–H groups in total. The summed E-state index contributed by atoms with van der Waals surface area (Å²) in [6.07, 6.45) is 1.70. The fourth-order valence-electron chi connectivity index (χ4n) is 1.06. The van der Waals surface area contributed by atoms with Gasteiger partial charge in [-0.2, -0.15) is 4.98 Å². The molecule has 74 valence electrons. The van der Waals surface area contributed by atoms with Crippen LogP contribution in [0.1, 0.15) is 11.5 Å². The van der Waals surface area contributed by atoms with Gasteiger partial charge < -0.3 is 5.32 Å². The third-order valence-electron chi connectivity index (χ3n) is 1.83. The molecule has 0 saturated carbocycles. The van der Waals surface area contributed by atoms with Crippen LogP contribution < -0.4 is 5.32 Å². The van der Waals surface area contributed by atoms with Crippen molar-refractivity contribution in [1.29, 1.82) is 0 Å². The molecule has 7 nitrogen and oxygen atoms in total. The molecule has 0 aromatic carbocycles. The molecule has 0 saturated heterocycles. The lowest BCUT2D eigenvalue weighted by Crippen LogP contribution is -2.06. The summed E-state index contributed by atoms with van der Waals surface area (Å²) in [4.78, 5) is 4.11. The second-order valence-electron chi connectivity index (χ2n) is 2.95. The standard InChI is InChI=1S/C7H11N7/c1-5-10-7(12-11-5)8-3-6-4-9-13-14(6)2/h4H,3H2,1-2H3,(H2,8,10,11,12). The maximum Gasteiger partial charge on any atom is 0.242 e. The van der Waals surface area contributed by atoms with E-state index >= 15 is 0 Å². The van der Waals surface area contributed by atoms with E-state index in [1.807, 2.05) is 14.0 Å². The highest BCUT2D eigenvalue weighted by atomic mass is 15.4. The van der Waals surface area contributed by atoms with Gasteiger partial charge in [-0.05, 0) is 6.92 Å². The van der Waals surface area contributed by atoms with Crippen LogP contribution in [0.2, 0.25) is 0 Å². The molecule has 0 atom stereocenters. The molecule has 2 rings (SSSR count). The number of H-pyrrole nitrogens is 1. The molecule has 0 bridgehead atoms. The number of anilines is 1. The number of hydrogen-bond donors (Lipinski definition) is 2. The van der Waals surface area contributed by atoms with E-state index in [4.69, 9.17) is 0 Å². The largest absolute Gasteiger partial charge is 0.347 e. The van der Waals surface area contributed by atoms with Gasteiger partial charge in [-0.3, -0.25) is 9.78 Å². The minimum atomic E-state index is 0.587. The summed E-state index contributed by atoms with van der Waals surface area (Å²) >= 11 is 0. The predicted molar refractivity (Wildman–Crippen MR) is 49.4 cm³/mol. The van der Waals surface area contributed by atoms with Crippen LogP contribution in [0, 0.1) is 6.92 Å².